The molecule has 2 rings (SSSR count). The Bertz CT molecular complexity index is 960. The number of nitrogens with zero attached hydrogens (tertiary/aromatic N) is 3. The summed E-state index contributed by atoms with van der Waals surface area (Å²) in [5, 5.41) is 18.2. The first-order valence-corrected chi connectivity index (χ1v) is 9.84. The second-order valence-electron chi connectivity index (χ2n) is 6.20. The molecule has 1 aromatic rings. The molecule has 0 aliphatic carbocycles. The summed E-state index contributed by atoms with van der Waals surface area (Å²) in [5.74, 6) is -3.66. The van der Waals surface area contributed by atoms with Crippen molar-refractivity contribution in [3.8, 4) is 0 Å². The van der Waals surface area contributed by atoms with Crippen molar-refractivity contribution in [1.82, 2.24) is 14.6 Å². The van der Waals surface area contributed by atoms with E-state index >= 15 is 0 Å². The van der Waals surface area contributed by atoms with Gasteiger partial charge < -0.3 is 25.8 Å². The average Bonchev–Trinajstić information content (AvgIpc) is 2.97. The quantitative estimate of drug-likeness (QED) is 0.116. The summed E-state index contributed by atoms with van der Waals surface area (Å²) < 4.78 is 31.4. The van der Waals surface area contributed by atoms with E-state index in [1.807, 2.05) is 0 Å². The maximum atomic E-state index is 12.5. The summed E-state index contributed by atoms with van der Waals surface area (Å²) >= 11 is 0.967. The molecule has 1 aliphatic rings. The van der Waals surface area contributed by atoms with Crippen LogP contribution in [0.5, 0.6) is 0 Å². The minimum atomic E-state index is -4.76. The van der Waals surface area contributed by atoms with Crippen molar-refractivity contribution >= 4 is 50.3 Å². The Morgan fingerprint density at radius 2 is 2.07 bits per heavy atom. The predicted octanol–water partition coefficient (Wildman–Crippen LogP) is -5.50. The van der Waals surface area contributed by atoms with E-state index in [2.05, 4.69) is 15.5 Å². The van der Waals surface area contributed by atoms with Gasteiger partial charge in [0, 0.05) is 5.38 Å². The van der Waals surface area contributed by atoms with Crippen molar-refractivity contribution in [2.75, 3.05) is 5.73 Å². The van der Waals surface area contributed by atoms with Gasteiger partial charge in [-0.25, -0.2) is 9.29 Å². The molecule has 154 valence electrons. The zero-order valence-electron chi connectivity index (χ0n) is 15.8. The first-order chi connectivity index (χ1) is 12.8. The number of nitrogens with one attached hydrogen (secondary N) is 1. The van der Waals surface area contributed by atoms with Crippen molar-refractivity contribution in [3.05, 3.63) is 11.1 Å². The zero-order chi connectivity index (χ0) is 21.4. The third-order valence-electron chi connectivity index (χ3n) is 3.71. The third kappa shape index (κ3) is 5.43. The normalized spacial score (nSPS) is 19.8. The van der Waals surface area contributed by atoms with Crippen molar-refractivity contribution < 1.29 is 66.9 Å². The van der Waals surface area contributed by atoms with Crippen LogP contribution in [-0.2, 0) is 29.5 Å². The standard InChI is InChI=1S/C13H17N5O8S2.Na/c1-5-7(10(20)18(5)28(23,24)25)16-9(19)8(6-4-27-12(14)15-6)17-26-13(2,3)11(21)22;/h4-5,7H,1-3H3,(H2,14,15)(H,16,19)(H,21,22)(H,23,24,25);/q;+1/p-1/b17-8+;/t5-,7-;/m0./s1. The van der Waals surface area contributed by atoms with Crippen LogP contribution in [0.2, 0.25) is 0 Å². The van der Waals surface area contributed by atoms with Crippen LogP contribution in [0.3, 0.4) is 0 Å². The van der Waals surface area contributed by atoms with Gasteiger partial charge >= 0.3 is 39.9 Å². The van der Waals surface area contributed by atoms with Gasteiger partial charge in [0.1, 0.15) is 11.7 Å². The second-order valence-corrected chi connectivity index (χ2v) is 8.38. The summed E-state index contributed by atoms with van der Waals surface area (Å²) in [5.41, 5.74) is 3.09. The van der Waals surface area contributed by atoms with Crippen LogP contribution in [0.1, 0.15) is 26.5 Å². The monoisotopic (exact) mass is 457 g/mol. The maximum absolute atomic E-state index is 12.5. The van der Waals surface area contributed by atoms with Gasteiger partial charge in [-0.3, -0.25) is 14.1 Å². The van der Waals surface area contributed by atoms with Crippen LogP contribution in [0.4, 0.5) is 5.13 Å². The molecule has 4 N–H and O–H groups in total. The Hall–Kier alpha value is -1.78. The fourth-order valence-corrected chi connectivity index (χ4v) is 3.54. The van der Waals surface area contributed by atoms with E-state index in [9.17, 15) is 27.9 Å². The molecule has 2 amide bonds. The number of aromatic nitrogens is 1. The molecule has 2 heterocycles. The van der Waals surface area contributed by atoms with Crippen molar-refractivity contribution in [3.63, 3.8) is 0 Å². The Morgan fingerprint density at radius 3 is 2.48 bits per heavy atom. The van der Waals surface area contributed by atoms with Gasteiger partial charge in [-0.1, -0.05) is 5.16 Å². The maximum Gasteiger partial charge on any atom is 1.00 e. The van der Waals surface area contributed by atoms with Gasteiger partial charge in [0.15, 0.2) is 16.4 Å². The van der Waals surface area contributed by atoms with Crippen LogP contribution in [0, 0.1) is 0 Å². The number of carboxylic acids is 1. The number of carbonyl (C=O) groups excluding carboxylic acids is 3. The van der Waals surface area contributed by atoms with Gasteiger partial charge in [-0.05, 0) is 20.8 Å². The van der Waals surface area contributed by atoms with Crippen LogP contribution in [0.25, 0.3) is 0 Å². The SMILES string of the molecule is C[C@H]1[C@H](NC(=O)/C(=N/OC(C)(C)C(=O)[O-])c2csc(N)n2)C(=O)N1S(=O)(=O)O.[Na+]. The number of β-lactam (4-membered cyclic amide) rings is 1. The van der Waals surface area contributed by atoms with E-state index in [1.54, 1.807) is 0 Å². The molecular weight excluding hydrogens is 441 g/mol. The number of carbonyl (C=O) groups is 3. The number of oxime groups is 1. The largest absolute Gasteiger partial charge is 1.00 e. The van der Waals surface area contributed by atoms with Crippen molar-refractivity contribution in [2.24, 2.45) is 5.16 Å². The summed E-state index contributed by atoms with van der Waals surface area (Å²) in [6.45, 7) is 3.56. The van der Waals surface area contributed by atoms with Gasteiger partial charge in [0.25, 0.3) is 11.8 Å². The Labute approximate surface area is 191 Å². The Balaban J connectivity index is 0.00000420. The molecule has 0 saturated carbocycles. The van der Waals surface area contributed by atoms with E-state index in [4.69, 9.17) is 15.1 Å². The molecule has 16 heteroatoms. The molecule has 0 bridgehead atoms. The molecule has 29 heavy (non-hydrogen) atoms. The topological polar surface area (TPSA) is 204 Å². The van der Waals surface area contributed by atoms with E-state index in [-0.39, 0.29) is 44.7 Å². The summed E-state index contributed by atoms with van der Waals surface area (Å²) in [6, 6.07) is -2.33. The van der Waals surface area contributed by atoms with E-state index in [0.29, 0.717) is 0 Å². The number of rotatable bonds is 7. The molecule has 2 atom stereocenters. The van der Waals surface area contributed by atoms with Crippen LogP contribution >= 0.6 is 11.3 Å². The summed E-state index contributed by atoms with van der Waals surface area (Å²) in [7, 11) is -4.76. The number of anilines is 1. The van der Waals surface area contributed by atoms with E-state index in [1.165, 1.54) is 12.3 Å². The Kier molecular flexibility index (Phi) is 7.78. The number of carboxylic acid groups (broad SMARTS) is 1. The number of aliphatic carboxylic acids is 1. The molecule has 1 aliphatic heterocycles. The van der Waals surface area contributed by atoms with Crippen molar-refractivity contribution in [1.29, 1.82) is 0 Å². The second kappa shape index (κ2) is 8.93. The molecule has 0 aromatic carbocycles. The fourth-order valence-electron chi connectivity index (χ4n) is 2.11. The number of hydrogen-bond donors (Lipinski definition) is 3. The minimum Gasteiger partial charge on any atom is -0.546 e. The van der Waals surface area contributed by atoms with Crippen LogP contribution < -0.4 is 45.7 Å². The molecule has 0 radical (unpaired) electrons. The summed E-state index contributed by atoms with van der Waals surface area (Å²) in [4.78, 5) is 44.2. The number of hydrogen-bond acceptors (Lipinski definition) is 11. The van der Waals surface area contributed by atoms with Crippen LogP contribution in [-0.4, -0.2) is 63.4 Å². The van der Waals surface area contributed by atoms with E-state index < -0.39 is 51.5 Å². The fraction of sp³-hybridized carbons (Fsp3) is 0.462. The molecule has 0 unspecified atom stereocenters. The number of nitrogen functional groups attached to an aromatic ring is 1. The molecule has 1 aromatic heterocycles. The number of amides is 2. The molecule has 1 saturated heterocycles. The summed E-state index contributed by atoms with van der Waals surface area (Å²) in [6.07, 6.45) is 0. The minimum absolute atomic E-state index is 0. The number of thiazole rings is 1. The van der Waals surface area contributed by atoms with Gasteiger partial charge in [-0.15, -0.1) is 11.3 Å². The van der Waals surface area contributed by atoms with Gasteiger partial charge in [0.05, 0.1) is 12.0 Å². The van der Waals surface area contributed by atoms with Gasteiger partial charge in [0.2, 0.25) is 0 Å². The molecule has 0 spiro atoms. The molecular formula is C13H16N5NaO8S2. The predicted molar refractivity (Wildman–Crippen MR) is 93.0 cm³/mol. The Morgan fingerprint density at radius 1 is 1.48 bits per heavy atom. The van der Waals surface area contributed by atoms with Crippen molar-refractivity contribution in [2.45, 2.75) is 38.5 Å². The van der Waals surface area contributed by atoms with Gasteiger partial charge in [-0.2, -0.15) is 8.42 Å². The number of nitrogens with two attached hydrogens (primary N) is 1. The molecule has 13 nitrogen and oxygen atoms in total. The molecule has 1 fully saturated rings. The third-order valence-corrected chi connectivity index (χ3v) is 5.39. The first-order valence-electron chi connectivity index (χ1n) is 7.56. The average molecular weight is 457 g/mol. The smallest absolute Gasteiger partial charge is 0.546 e. The van der Waals surface area contributed by atoms with Crippen LogP contribution in [0.15, 0.2) is 10.5 Å². The first kappa shape index (κ1) is 25.3. The zero-order valence-corrected chi connectivity index (χ0v) is 19.4. The van der Waals surface area contributed by atoms with E-state index in [0.717, 1.165) is 25.2 Å².